The Hall–Kier alpha value is -2.51. The highest BCUT2D eigenvalue weighted by molar-refractivity contribution is 8.01. The van der Waals surface area contributed by atoms with Crippen LogP contribution in [-0.4, -0.2) is 61.0 Å². The summed E-state index contributed by atoms with van der Waals surface area (Å²) in [6.07, 6.45) is 1.50. The van der Waals surface area contributed by atoms with Crippen molar-refractivity contribution in [3.8, 4) is 0 Å². The van der Waals surface area contributed by atoms with Crippen LogP contribution in [-0.2, 0) is 16.1 Å². The summed E-state index contributed by atoms with van der Waals surface area (Å²) >= 11 is 4.26. The molecule has 3 N–H and O–H groups in total. The van der Waals surface area contributed by atoms with Crippen molar-refractivity contribution in [2.45, 2.75) is 29.2 Å². The average Bonchev–Trinajstić information content (AvgIpc) is 3.39. The molecule has 0 aromatic carbocycles. The normalized spacial score (nSPS) is 20.6. The topological polar surface area (TPSA) is 138 Å². The first-order chi connectivity index (χ1) is 14.4. The van der Waals surface area contributed by atoms with Crippen molar-refractivity contribution in [2.24, 2.45) is 0 Å². The number of furan rings is 1. The molecular formula is C17H17N5O5S3. The molecule has 0 spiro atoms. The molecule has 4 heterocycles. The number of β-lactam (4-membered cyclic amide) rings is 1. The van der Waals surface area contributed by atoms with Crippen LogP contribution in [0.15, 0.2) is 38.4 Å². The van der Waals surface area contributed by atoms with E-state index in [1.54, 1.807) is 12.1 Å². The van der Waals surface area contributed by atoms with Crippen molar-refractivity contribution in [3.63, 3.8) is 0 Å². The molecule has 3 amide bonds. The third kappa shape index (κ3) is 4.18. The highest BCUT2D eigenvalue weighted by atomic mass is 32.2. The SMILES string of the molecule is Cc1nnc(SCC2=C(C(=O)O)N3C(=O)C(NC(=O)NCc4ccco4)[C@@H]3SC2)s1. The molecule has 2 atom stereocenters. The Kier molecular flexibility index (Phi) is 6.01. The smallest absolute Gasteiger partial charge is 0.352 e. The first kappa shape index (κ1) is 20.8. The van der Waals surface area contributed by atoms with Crippen molar-refractivity contribution in [1.29, 1.82) is 0 Å². The Morgan fingerprint density at radius 2 is 2.27 bits per heavy atom. The minimum atomic E-state index is -1.15. The molecule has 2 aromatic heterocycles. The van der Waals surface area contributed by atoms with Crippen LogP contribution in [0.4, 0.5) is 4.79 Å². The summed E-state index contributed by atoms with van der Waals surface area (Å²) in [7, 11) is 0. The van der Waals surface area contributed by atoms with E-state index in [-0.39, 0.29) is 12.2 Å². The Morgan fingerprint density at radius 1 is 1.43 bits per heavy atom. The number of nitrogens with zero attached hydrogens (tertiary/aromatic N) is 3. The molecule has 30 heavy (non-hydrogen) atoms. The molecule has 1 saturated heterocycles. The highest BCUT2D eigenvalue weighted by Crippen LogP contribution is 2.41. The Bertz CT molecular complexity index is 1010. The molecule has 2 aliphatic rings. The summed E-state index contributed by atoms with van der Waals surface area (Å²) in [5.41, 5.74) is 0.641. The van der Waals surface area contributed by atoms with Crippen molar-refractivity contribution in [3.05, 3.63) is 40.4 Å². The van der Waals surface area contributed by atoms with Gasteiger partial charge >= 0.3 is 12.0 Å². The second-order valence-corrected chi connectivity index (χ2v) is 9.94. The number of carbonyl (C=O) groups is 3. The number of fused-ring (bicyclic) bond motifs is 1. The van der Waals surface area contributed by atoms with E-state index in [4.69, 9.17) is 4.42 Å². The van der Waals surface area contributed by atoms with Gasteiger partial charge in [-0.2, -0.15) is 0 Å². The lowest BCUT2D eigenvalue weighted by Gasteiger charge is -2.49. The van der Waals surface area contributed by atoms with Gasteiger partial charge < -0.3 is 20.2 Å². The predicted molar refractivity (Wildman–Crippen MR) is 111 cm³/mol. The van der Waals surface area contributed by atoms with Gasteiger partial charge in [0.15, 0.2) is 4.34 Å². The van der Waals surface area contributed by atoms with Crippen molar-refractivity contribution >= 4 is 52.8 Å². The summed E-state index contributed by atoms with van der Waals surface area (Å²) in [6, 6.07) is 2.14. The van der Waals surface area contributed by atoms with Crippen molar-refractivity contribution in [1.82, 2.24) is 25.7 Å². The van der Waals surface area contributed by atoms with Gasteiger partial charge in [0.25, 0.3) is 5.91 Å². The zero-order chi connectivity index (χ0) is 21.3. The number of aryl methyl sites for hydroxylation is 1. The number of thioether (sulfide) groups is 2. The second-order valence-electron chi connectivity index (χ2n) is 6.43. The third-order valence-corrected chi connectivity index (χ3v) is 7.81. The van der Waals surface area contributed by atoms with Gasteiger partial charge in [-0.15, -0.1) is 22.0 Å². The molecular weight excluding hydrogens is 450 g/mol. The number of amides is 3. The summed E-state index contributed by atoms with van der Waals surface area (Å²) in [5, 5.41) is 23.3. The number of carboxylic acids is 1. The van der Waals surface area contributed by atoms with Gasteiger partial charge in [-0.05, 0) is 24.6 Å². The standard InChI is InChI=1S/C17H17N5O5S3/c1-8-20-21-17(30-8)29-7-9-6-28-14-11(13(23)22(14)12(9)15(24)25)19-16(26)18-5-10-3-2-4-27-10/h2-4,11,14H,5-7H2,1H3,(H,24,25)(H2,18,19,26)/t11?,14-/m0/s1. The van der Waals surface area contributed by atoms with E-state index in [2.05, 4.69) is 20.8 Å². The number of hydrogen-bond donors (Lipinski definition) is 3. The molecule has 0 bridgehead atoms. The minimum absolute atomic E-state index is 0.00784. The highest BCUT2D eigenvalue weighted by Gasteiger charge is 2.54. The molecule has 1 unspecified atom stereocenters. The Labute approximate surface area is 183 Å². The van der Waals surface area contributed by atoms with E-state index in [9.17, 15) is 19.5 Å². The largest absolute Gasteiger partial charge is 0.477 e. The molecule has 2 aromatic rings. The van der Waals surface area contributed by atoms with Gasteiger partial charge in [-0.25, -0.2) is 9.59 Å². The number of carboxylic acid groups (broad SMARTS) is 1. The number of aromatic nitrogens is 2. The van der Waals surface area contributed by atoms with Crippen LogP contribution in [0, 0.1) is 6.92 Å². The van der Waals surface area contributed by atoms with Crippen LogP contribution in [0.2, 0.25) is 0 Å². The van der Waals surface area contributed by atoms with Crippen LogP contribution in [0.5, 0.6) is 0 Å². The van der Waals surface area contributed by atoms with Gasteiger partial charge in [0.2, 0.25) is 0 Å². The van der Waals surface area contributed by atoms with Gasteiger partial charge in [-0.3, -0.25) is 9.69 Å². The van der Waals surface area contributed by atoms with E-state index >= 15 is 0 Å². The van der Waals surface area contributed by atoms with Crippen LogP contribution >= 0.6 is 34.9 Å². The molecule has 13 heteroatoms. The molecule has 0 radical (unpaired) electrons. The second kappa shape index (κ2) is 8.70. The van der Waals surface area contributed by atoms with Crippen molar-refractivity contribution in [2.75, 3.05) is 11.5 Å². The summed E-state index contributed by atoms with van der Waals surface area (Å²) in [4.78, 5) is 37.9. The summed E-state index contributed by atoms with van der Waals surface area (Å²) in [6.45, 7) is 2.04. The van der Waals surface area contributed by atoms with Crippen LogP contribution in [0.25, 0.3) is 0 Å². The quantitative estimate of drug-likeness (QED) is 0.410. The maximum Gasteiger partial charge on any atom is 0.352 e. The Morgan fingerprint density at radius 3 is 2.93 bits per heavy atom. The molecule has 0 saturated carbocycles. The monoisotopic (exact) mass is 467 g/mol. The van der Waals surface area contributed by atoms with Gasteiger partial charge in [0.05, 0.1) is 12.8 Å². The van der Waals surface area contributed by atoms with Gasteiger partial charge in [-0.1, -0.05) is 23.1 Å². The number of aliphatic carboxylic acids is 1. The average molecular weight is 468 g/mol. The van der Waals surface area contributed by atoms with Gasteiger partial charge in [0.1, 0.15) is 27.9 Å². The molecule has 2 aliphatic heterocycles. The van der Waals surface area contributed by atoms with Crippen LogP contribution in [0.3, 0.4) is 0 Å². The van der Waals surface area contributed by atoms with Gasteiger partial charge in [0, 0.05) is 11.5 Å². The molecule has 4 rings (SSSR count). The lowest BCUT2D eigenvalue weighted by atomic mass is 10.0. The fraction of sp³-hybridized carbons (Fsp3) is 0.353. The van der Waals surface area contributed by atoms with E-state index in [1.807, 2.05) is 6.92 Å². The summed E-state index contributed by atoms with van der Waals surface area (Å²) in [5.74, 6) is -0.151. The summed E-state index contributed by atoms with van der Waals surface area (Å²) < 4.78 is 5.89. The first-order valence-electron chi connectivity index (χ1n) is 8.83. The number of hydrogen-bond acceptors (Lipinski definition) is 9. The maximum absolute atomic E-state index is 12.6. The van der Waals surface area contributed by atoms with E-state index in [0.717, 1.165) is 9.35 Å². The van der Waals surface area contributed by atoms with E-state index in [0.29, 0.717) is 22.8 Å². The van der Waals surface area contributed by atoms with E-state index in [1.165, 1.54) is 46.0 Å². The zero-order valence-corrected chi connectivity index (χ0v) is 18.1. The van der Waals surface area contributed by atoms with E-state index < -0.39 is 29.3 Å². The number of urea groups is 1. The number of carbonyl (C=O) groups excluding carboxylic acids is 2. The molecule has 0 aliphatic carbocycles. The lowest BCUT2D eigenvalue weighted by Crippen LogP contribution is -2.71. The predicted octanol–water partition coefficient (Wildman–Crippen LogP) is 1.65. The first-order valence-corrected chi connectivity index (χ1v) is 11.7. The fourth-order valence-corrected chi connectivity index (χ4v) is 6.35. The number of rotatable bonds is 7. The van der Waals surface area contributed by atoms with Crippen LogP contribution < -0.4 is 10.6 Å². The number of nitrogens with one attached hydrogen (secondary N) is 2. The Balaban J connectivity index is 1.39. The molecule has 10 nitrogen and oxygen atoms in total. The van der Waals surface area contributed by atoms with Crippen molar-refractivity contribution < 1.29 is 23.9 Å². The minimum Gasteiger partial charge on any atom is -0.477 e. The third-order valence-electron chi connectivity index (χ3n) is 4.42. The van der Waals surface area contributed by atoms with Crippen LogP contribution in [0.1, 0.15) is 10.8 Å². The maximum atomic E-state index is 12.6. The fourth-order valence-electron chi connectivity index (χ4n) is 3.05. The molecule has 158 valence electrons. The zero-order valence-electron chi connectivity index (χ0n) is 15.7. The molecule has 1 fully saturated rings. The lowest BCUT2D eigenvalue weighted by molar-refractivity contribution is -0.148.